The van der Waals surface area contributed by atoms with Crippen molar-refractivity contribution in [3.63, 3.8) is 0 Å². The molecular formula is C11H17ClN2S2. The molecule has 0 aliphatic rings. The van der Waals surface area contributed by atoms with E-state index in [1.54, 1.807) is 11.3 Å². The molecule has 0 spiro atoms. The monoisotopic (exact) mass is 276 g/mol. The molecule has 1 rings (SSSR count). The summed E-state index contributed by atoms with van der Waals surface area (Å²) in [4.78, 5) is 4.22. The topological polar surface area (TPSA) is 29.3 Å². The van der Waals surface area contributed by atoms with E-state index in [2.05, 4.69) is 18.0 Å². The smallest absolute Gasteiger partial charge is 0.0931 e. The molecule has 0 saturated heterocycles. The minimum absolute atomic E-state index is 0.618. The van der Waals surface area contributed by atoms with Gasteiger partial charge in [-0.2, -0.15) is 0 Å². The molecule has 2 nitrogen and oxygen atoms in total. The van der Waals surface area contributed by atoms with E-state index in [4.69, 9.17) is 29.6 Å². The van der Waals surface area contributed by atoms with Crippen LogP contribution in [0.4, 0.5) is 0 Å². The lowest BCUT2D eigenvalue weighted by Crippen LogP contribution is -2.19. The quantitative estimate of drug-likeness (QED) is 0.612. The summed E-state index contributed by atoms with van der Waals surface area (Å²) in [5.74, 6) is 0. The average Bonchev–Trinajstić information content (AvgIpc) is 2.58. The summed E-state index contributed by atoms with van der Waals surface area (Å²) in [6.07, 6.45) is 3.06. The zero-order chi connectivity index (χ0) is 12.0. The summed E-state index contributed by atoms with van der Waals surface area (Å²) in [5, 5.41) is 0. The third-order valence-electron chi connectivity index (χ3n) is 2.27. The van der Waals surface area contributed by atoms with Gasteiger partial charge in [-0.3, -0.25) is 0 Å². The first kappa shape index (κ1) is 13.9. The first-order valence-corrected chi connectivity index (χ1v) is 6.89. The van der Waals surface area contributed by atoms with Gasteiger partial charge in [0.1, 0.15) is 0 Å². The first-order valence-electron chi connectivity index (χ1n) is 5.29. The van der Waals surface area contributed by atoms with Gasteiger partial charge in [-0.1, -0.05) is 23.8 Å². The second kappa shape index (κ2) is 7.22. The molecule has 0 radical (unpaired) electrons. The Hall–Kier alpha value is -0.160. The molecule has 0 aliphatic heterocycles. The van der Waals surface area contributed by atoms with Gasteiger partial charge in [0.2, 0.25) is 0 Å². The van der Waals surface area contributed by atoms with Crippen molar-refractivity contribution in [2.45, 2.75) is 25.8 Å². The lowest BCUT2D eigenvalue weighted by molar-refractivity contribution is 0.322. The molecule has 0 aromatic carbocycles. The maximum absolute atomic E-state index is 5.88. The maximum atomic E-state index is 5.88. The van der Waals surface area contributed by atoms with E-state index in [1.807, 2.05) is 6.07 Å². The largest absolute Gasteiger partial charge is 0.393 e. The highest BCUT2D eigenvalue weighted by Crippen LogP contribution is 2.22. The fourth-order valence-electron chi connectivity index (χ4n) is 1.46. The normalized spacial score (nSPS) is 10.9. The van der Waals surface area contributed by atoms with Crippen LogP contribution in [-0.4, -0.2) is 23.5 Å². The van der Waals surface area contributed by atoms with Gasteiger partial charge in [0.05, 0.1) is 9.32 Å². The zero-order valence-corrected chi connectivity index (χ0v) is 11.8. The Morgan fingerprint density at radius 2 is 2.25 bits per heavy atom. The van der Waals surface area contributed by atoms with Crippen molar-refractivity contribution >= 4 is 40.1 Å². The molecule has 1 aromatic rings. The highest BCUT2D eigenvalue weighted by Gasteiger charge is 2.03. The van der Waals surface area contributed by atoms with Crippen molar-refractivity contribution in [3.8, 4) is 0 Å². The highest BCUT2D eigenvalue weighted by molar-refractivity contribution is 7.80. The van der Waals surface area contributed by atoms with Crippen molar-refractivity contribution in [1.29, 1.82) is 0 Å². The Bertz CT molecular complexity index is 338. The Kier molecular flexibility index (Phi) is 6.28. The summed E-state index contributed by atoms with van der Waals surface area (Å²) in [7, 11) is 2.12. The maximum Gasteiger partial charge on any atom is 0.0931 e. The summed E-state index contributed by atoms with van der Waals surface area (Å²) in [6.45, 7) is 2.03. The Balaban J connectivity index is 2.16. The van der Waals surface area contributed by atoms with Crippen molar-refractivity contribution in [2.24, 2.45) is 5.73 Å². The Morgan fingerprint density at radius 1 is 1.50 bits per heavy atom. The van der Waals surface area contributed by atoms with Crippen LogP contribution in [0, 0.1) is 0 Å². The number of nitrogens with two attached hydrogens (primary N) is 1. The van der Waals surface area contributed by atoms with Crippen LogP contribution in [0.15, 0.2) is 12.1 Å². The van der Waals surface area contributed by atoms with Gasteiger partial charge in [-0.05, 0) is 45.0 Å². The average molecular weight is 277 g/mol. The number of thiocarbonyl (C=S) groups is 1. The molecule has 0 unspecified atom stereocenters. The summed E-state index contributed by atoms with van der Waals surface area (Å²) in [5.41, 5.74) is 5.44. The van der Waals surface area contributed by atoms with Gasteiger partial charge >= 0.3 is 0 Å². The molecule has 90 valence electrons. The van der Waals surface area contributed by atoms with Crippen LogP contribution in [0.5, 0.6) is 0 Å². The van der Waals surface area contributed by atoms with Gasteiger partial charge in [-0.15, -0.1) is 11.3 Å². The molecule has 0 aliphatic carbocycles. The molecule has 0 saturated carbocycles. The van der Waals surface area contributed by atoms with Gasteiger partial charge in [0.25, 0.3) is 0 Å². The molecule has 0 atom stereocenters. The van der Waals surface area contributed by atoms with Crippen LogP contribution in [-0.2, 0) is 6.54 Å². The highest BCUT2D eigenvalue weighted by atomic mass is 35.5. The third-order valence-corrected chi connectivity index (χ3v) is 3.69. The van der Waals surface area contributed by atoms with Gasteiger partial charge < -0.3 is 10.6 Å². The minimum Gasteiger partial charge on any atom is -0.393 e. The van der Waals surface area contributed by atoms with Crippen molar-refractivity contribution < 1.29 is 0 Å². The number of nitrogens with zero attached hydrogens (tertiary/aromatic N) is 1. The predicted octanol–water partition coefficient (Wildman–Crippen LogP) is 3.29. The van der Waals surface area contributed by atoms with Crippen molar-refractivity contribution in [2.75, 3.05) is 13.6 Å². The van der Waals surface area contributed by atoms with E-state index < -0.39 is 0 Å². The van der Waals surface area contributed by atoms with Gasteiger partial charge in [-0.25, -0.2) is 0 Å². The minimum atomic E-state index is 0.618. The molecule has 0 amide bonds. The number of rotatable bonds is 7. The van der Waals surface area contributed by atoms with Crippen LogP contribution in [0.25, 0.3) is 0 Å². The van der Waals surface area contributed by atoms with E-state index in [0.717, 1.165) is 36.7 Å². The van der Waals surface area contributed by atoms with Gasteiger partial charge in [0, 0.05) is 11.4 Å². The first-order chi connectivity index (χ1) is 7.58. The number of hydrogen-bond donors (Lipinski definition) is 1. The molecule has 1 aromatic heterocycles. The Morgan fingerprint density at radius 3 is 2.81 bits per heavy atom. The second-order valence-electron chi connectivity index (χ2n) is 3.87. The fraction of sp³-hybridized carbons (Fsp3) is 0.545. The van der Waals surface area contributed by atoms with Crippen LogP contribution < -0.4 is 5.73 Å². The number of unbranched alkanes of at least 4 members (excludes halogenated alkanes) is 1. The lowest BCUT2D eigenvalue weighted by atomic mass is 10.2. The third kappa shape index (κ3) is 5.80. The van der Waals surface area contributed by atoms with Crippen LogP contribution >= 0.6 is 35.2 Å². The van der Waals surface area contributed by atoms with E-state index >= 15 is 0 Å². The zero-order valence-electron chi connectivity index (χ0n) is 9.41. The fourth-order valence-corrected chi connectivity index (χ4v) is 2.77. The predicted molar refractivity (Wildman–Crippen MR) is 76.3 cm³/mol. The van der Waals surface area contributed by atoms with Crippen molar-refractivity contribution in [1.82, 2.24) is 4.90 Å². The number of halogens is 1. The Labute approximate surface area is 111 Å². The second-order valence-corrected chi connectivity index (χ2v) is 6.19. The van der Waals surface area contributed by atoms with E-state index in [1.165, 1.54) is 4.88 Å². The van der Waals surface area contributed by atoms with Crippen molar-refractivity contribution in [3.05, 3.63) is 21.3 Å². The lowest BCUT2D eigenvalue weighted by Gasteiger charge is -2.15. The SMILES string of the molecule is CN(CCCCC(N)=S)Cc1ccc(Cl)s1. The molecular weight excluding hydrogens is 260 g/mol. The number of hydrogen-bond acceptors (Lipinski definition) is 3. The molecule has 0 fully saturated rings. The summed E-state index contributed by atoms with van der Waals surface area (Å²) >= 11 is 12.4. The summed E-state index contributed by atoms with van der Waals surface area (Å²) in [6, 6.07) is 4.03. The molecule has 16 heavy (non-hydrogen) atoms. The molecule has 5 heteroatoms. The molecule has 0 bridgehead atoms. The number of thiophene rings is 1. The van der Waals surface area contributed by atoms with E-state index in [9.17, 15) is 0 Å². The van der Waals surface area contributed by atoms with Crippen LogP contribution in [0.3, 0.4) is 0 Å². The van der Waals surface area contributed by atoms with Gasteiger partial charge in [0.15, 0.2) is 0 Å². The van der Waals surface area contributed by atoms with E-state index in [0.29, 0.717) is 4.99 Å². The summed E-state index contributed by atoms with van der Waals surface area (Å²) < 4.78 is 0.858. The van der Waals surface area contributed by atoms with E-state index in [-0.39, 0.29) is 0 Å². The molecule has 1 heterocycles. The van der Waals surface area contributed by atoms with Crippen LogP contribution in [0.1, 0.15) is 24.1 Å². The molecule has 2 N–H and O–H groups in total. The standard InChI is InChI=1S/C11H17ClN2S2/c1-14(7-3-2-4-11(13)15)8-9-5-6-10(12)16-9/h5-6H,2-4,7-8H2,1H3,(H2,13,15). The van der Waals surface area contributed by atoms with Crippen LogP contribution in [0.2, 0.25) is 4.34 Å².